The van der Waals surface area contributed by atoms with Gasteiger partial charge in [0.15, 0.2) is 11.5 Å². The number of methoxy groups -OCH3 is 1. The van der Waals surface area contributed by atoms with Crippen LogP contribution in [-0.2, 0) is 11.2 Å². The van der Waals surface area contributed by atoms with E-state index in [4.69, 9.17) is 4.74 Å². The third-order valence-corrected chi connectivity index (χ3v) is 6.74. The molecule has 0 aromatic heterocycles. The summed E-state index contributed by atoms with van der Waals surface area (Å²) in [6, 6.07) is 2.90. The summed E-state index contributed by atoms with van der Waals surface area (Å²) >= 11 is 0. The zero-order valence-electron chi connectivity index (χ0n) is 16.8. The van der Waals surface area contributed by atoms with Crippen molar-refractivity contribution < 1.29 is 19.7 Å². The Morgan fingerprint density at radius 3 is 2.67 bits per heavy atom. The van der Waals surface area contributed by atoms with E-state index in [9.17, 15) is 15.0 Å². The number of esters is 1. The molecular weight excluding hydrogens is 340 g/mol. The van der Waals surface area contributed by atoms with Crippen molar-refractivity contribution in [1.29, 1.82) is 0 Å². The van der Waals surface area contributed by atoms with Gasteiger partial charge in [-0.25, -0.2) is 4.79 Å². The maximum atomic E-state index is 11.9. The number of phenolic OH excluding ortho intramolecular Hbond substituents is 2. The van der Waals surface area contributed by atoms with Crippen molar-refractivity contribution in [2.24, 2.45) is 17.3 Å². The number of carbonyl (C=O) groups is 1. The molecule has 27 heavy (non-hydrogen) atoms. The van der Waals surface area contributed by atoms with Gasteiger partial charge in [-0.2, -0.15) is 0 Å². The molecule has 4 heteroatoms. The fourth-order valence-electron chi connectivity index (χ4n) is 5.13. The molecule has 2 aliphatic rings. The van der Waals surface area contributed by atoms with E-state index in [0.717, 1.165) is 25.7 Å². The largest absolute Gasteiger partial charge is 0.504 e. The van der Waals surface area contributed by atoms with Crippen LogP contribution in [0.25, 0.3) is 0 Å². The zero-order valence-corrected chi connectivity index (χ0v) is 16.8. The van der Waals surface area contributed by atoms with Crippen LogP contribution in [-0.4, -0.2) is 23.3 Å². The number of rotatable bonds is 3. The highest BCUT2D eigenvalue weighted by molar-refractivity contribution is 5.90. The predicted octanol–water partition coefficient (Wildman–Crippen LogP) is 5.15. The highest BCUT2D eigenvalue weighted by atomic mass is 16.5. The van der Waals surface area contributed by atoms with Gasteiger partial charge in [0.2, 0.25) is 0 Å². The van der Waals surface area contributed by atoms with Crippen LogP contribution < -0.4 is 0 Å². The van der Waals surface area contributed by atoms with Crippen LogP contribution in [0.3, 0.4) is 0 Å². The minimum absolute atomic E-state index is 0.147. The molecule has 3 atom stereocenters. The Labute approximate surface area is 161 Å². The minimum Gasteiger partial charge on any atom is -0.504 e. The third kappa shape index (κ3) is 3.26. The van der Waals surface area contributed by atoms with Crippen LogP contribution in [0, 0.1) is 17.3 Å². The number of hydrogen-bond acceptors (Lipinski definition) is 4. The van der Waals surface area contributed by atoms with Crippen molar-refractivity contribution >= 4 is 5.97 Å². The number of allylic oxidation sites excluding steroid dienone is 3. The summed E-state index contributed by atoms with van der Waals surface area (Å²) in [7, 11) is 1.31. The fraction of sp³-hybridized carbons (Fsp3) is 0.522. The molecule has 1 aromatic rings. The zero-order chi connectivity index (χ0) is 19.9. The van der Waals surface area contributed by atoms with Gasteiger partial charge in [0, 0.05) is 0 Å². The molecule has 2 aliphatic carbocycles. The summed E-state index contributed by atoms with van der Waals surface area (Å²) in [5.41, 5.74) is 4.79. The molecule has 0 bridgehead atoms. The molecule has 0 saturated carbocycles. The summed E-state index contributed by atoms with van der Waals surface area (Å²) in [5.74, 6) is -0.0326. The molecule has 0 fully saturated rings. The molecular formula is C23H30O4. The van der Waals surface area contributed by atoms with Gasteiger partial charge in [-0.3, -0.25) is 0 Å². The van der Waals surface area contributed by atoms with Crippen molar-refractivity contribution in [2.75, 3.05) is 7.11 Å². The molecule has 0 unspecified atom stereocenters. The lowest BCUT2D eigenvalue weighted by atomic mass is 9.56. The van der Waals surface area contributed by atoms with Crippen molar-refractivity contribution in [3.63, 3.8) is 0 Å². The van der Waals surface area contributed by atoms with Crippen LogP contribution in [0.4, 0.5) is 0 Å². The van der Waals surface area contributed by atoms with E-state index in [1.807, 2.05) is 0 Å². The second-order valence-electron chi connectivity index (χ2n) is 8.48. The van der Waals surface area contributed by atoms with E-state index in [-0.39, 0.29) is 22.5 Å². The van der Waals surface area contributed by atoms with E-state index >= 15 is 0 Å². The molecule has 0 saturated heterocycles. The van der Waals surface area contributed by atoms with E-state index < -0.39 is 5.97 Å². The topological polar surface area (TPSA) is 66.8 Å². The van der Waals surface area contributed by atoms with Crippen LogP contribution in [0.15, 0.2) is 35.4 Å². The first kappa shape index (κ1) is 19.5. The summed E-state index contributed by atoms with van der Waals surface area (Å²) in [4.78, 5) is 11.9. The van der Waals surface area contributed by atoms with Crippen LogP contribution in [0.2, 0.25) is 0 Å². The van der Waals surface area contributed by atoms with Crippen molar-refractivity contribution in [3.05, 3.63) is 46.6 Å². The Balaban J connectivity index is 2.09. The molecule has 4 nitrogen and oxygen atoms in total. The van der Waals surface area contributed by atoms with Crippen LogP contribution in [0.1, 0.15) is 62.4 Å². The second-order valence-corrected chi connectivity index (χ2v) is 8.48. The first-order chi connectivity index (χ1) is 12.7. The SMILES string of the molecule is C=C1CCCC2=C1[C@H](C)C[C@@H](C)[C@]2(C)Cc1cc(C(=O)OC)cc(O)c1O. The average molecular weight is 370 g/mol. The molecule has 0 radical (unpaired) electrons. The monoisotopic (exact) mass is 370 g/mol. The standard InChI is InChI=1S/C23H30O4/c1-13-7-6-8-18-20(13)14(2)9-15(3)23(18,4)12-17-10-16(22(26)27-5)11-19(24)21(17)25/h10-11,14-15,24-25H,1,6-9,12H2,2-5H3/t14-,15-,23+/m1/s1. The molecule has 0 amide bonds. The van der Waals surface area contributed by atoms with Gasteiger partial charge in [-0.15, -0.1) is 0 Å². The highest BCUT2D eigenvalue weighted by Crippen LogP contribution is 2.55. The quantitative estimate of drug-likeness (QED) is 0.571. The highest BCUT2D eigenvalue weighted by Gasteiger charge is 2.43. The third-order valence-electron chi connectivity index (χ3n) is 6.74. The lowest BCUT2D eigenvalue weighted by molar-refractivity contribution is 0.0600. The van der Waals surface area contributed by atoms with E-state index in [1.165, 1.54) is 29.9 Å². The van der Waals surface area contributed by atoms with Gasteiger partial charge in [0.25, 0.3) is 0 Å². The maximum absolute atomic E-state index is 11.9. The van der Waals surface area contributed by atoms with Gasteiger partial charge in [-0.1, -0.05) is 38.5 Å². The smallest absolute Gasteiger partial charge is 0.337 e. The van der Waals surface area contributed by atoms with E-state index in [1.54, 1.807) is 6.07 Å². The lowest BCUT2D eigenvalue weighted by Gasteiger charge is -2.48. The first-order valence-corrected chi connectivity index (χ1v) is 9.73. The number of aromatic hydroxyl groups is 2. The lowest BCUT2D eigenvalue weighted by Crippen LogP contribution is -2.38. The van der Waals surface area contributed by atoms with Crippen LogP contribution in [0.5, 0.6) is 11.5 Å². The van der Waals surface area contributed by atoms with Gasteiger partial charge >= 0.3 is 5.97 Å². The summed E-state index contributed by atoms with van der Waals surface area (Å²) in [6.45, 7) is 11.1. The Kier molecular flexibility index (Phi) is 5.11. The molecule has 2 N–H and O–H groups in total. The molecule has 1 aromatic carbocycles. The number of ether oxygens (including phenoxy) is 1. The number of carbonyl (C=O) groups excluding carboxylic acids is 1. The summed E-state index contributed by atoms with van der Waals surface area (Å²) in [5, 5.41) is 20.6. The van der Waals surface area contributed by atoms with E-state index in [0.29, 0.717) is 23.8 Å². The molecule has 0 heterocycles. The van der Waals surface area contributed by atoms with Crippen LogP contribution >= 0.6 is 0 Å². The molecule has 0 spiro atoms. The molecule has 146 valence electrons. The second kappa shape index (κ2) is 7.06. The summed E-state index contributed by atoms with van der Waals surface area (Å²) < 4.78 is 4.78. The minimum atomic E-state index is -0.520. The Hall–Kier alpha value is -2.23. The van der Waals surface area contributed by atoms with Crippen molar-refractivity contribution in [1.82, 2.24) is 0 Å². The Bertz CT molecular complexity index is 820. The molecule has 0 aliphatic heterocycles. The van der Waals surface area contributed by atoms with Gasteiger partial charge in [0.05, 0.1) is 12.7 Å². The first-order valence-electron chi connectivity index (χ1n) is 9.73. The average Bonchev–Trinajstić information content (AvgIpc) is 2.62. The van der Waals surface area contributed by atoms with Crippen molar-refractivity contribution in [2.45, 2.75) is 52.9 Å². The maximum Gasteiger partial charge on any atom is 0.337 e. The van der Waals surface area contributed by atoms with Gasteiger partial charge in [0.1, 0.15) is 0 Å². The van der Waals surface area contributed by atoms with Gasteiger partial charge < -0.3 is 14.9 Å². The Morgan fingerprint density at radius 2 is 2.00 bits per heavy atom. The fourth-order valence-corrected chi connectivity index (χ4v) is 5.13. The molecule has 3 rings (SSSR count). The van der Waals surface area contributed by atoms with Crippen molar-refractivity contribution in [3.8, 4) is 11.5 Å². The number of benzene rings is 1. The van der Waals surface area contributed by atoms with E-state index in [2.05, 4.69) is 27.4 Å². The number of hydrogen-bond donors (Lipinski definition) is 2. The number of phenols is 2. The predicted molar refractivity (Wildman–Crippen MR) is 106 cm³/mol. The normalized spacial score (nSPS) is 28.1. The van der Waals surface area contributed by atoms with Gasteiger partial charge in [-0.05, 0) is 72.6 Å². The Morgan fingerprint density at radius 1 is 1.30 bits per heavy atom. The summed E-state index contributed by atoms with van der Waals surface area (Å²) in [6.07, 6.45) is 4.83.